The minimum absolute atomic E-state index is 0.631. The molecule has 1 aromatic carbocycles. The fourth-order valence-corrected chi connectivity index (χ4v) is 2.32. The van der Waals surface area contributed by atoms with Crippen molar-refractivity contribution in [2.24, 2.45) is 0 Å². The Bertz CT molecular complexity index is 323. The summed E-state index contributed by atoms with van der Waals surface area (Å²) >= 11 is 0. The molecular weight excluding hydrogens is 208 g/mol. The molecule has 2 rings (SSSR count). The molecule has 94 valence electrons. The molecule has 1 aliphatic heterocycles. The zero-order chi connectivity index (χ0) is 12.1. The number of hydrogen-bond donors (Lipinski definition) is 2. The van der Waals surface area contributed by atoms with Gasteiger partial charge in [-0.1, -0.05) is 38.1 Å². The van der Waals surface area contributed by atoms with Gasteiger partial charge in [0.25, 0.3) is 0 Å². The highest BCUT2D eigenvalue weighted by Crippen LogP contribution is 2.14. The van der Waals surface area contributed by atoms with Crippen molar-refractivity contribution in [3.8, 4) is 0 Å². The van der Waals surface area contributed by atoms with Gasteiger partial charge < -0.3 is 10.6 Å². The topological polar surface area (TPSA) is 24.1 Å². The van der Waals surface area contributed by atoms with Gasteiger partial charge >= 0.3 is 0 Å². The van der Waals surface area contributed by atoms with Crippen LogP contribution in [0.2, 0.25) is 0 Å². The molecule has 2 nitrogen and oxygen atoms in total. The summed E-state index contributed by atoms with van der Waals surface area (Å²) in [5.74, 6) is 0.631. The number of hydrogen-bond acceptors (Lipinski definition) is 2. The van der Waals surface area contributed by atoms with Crippen LogP contribution in [0.15, 0.2) is 24.3 Å². The lowest BCUT2D eigenvalue weighted by molar-refractivity contribution is 0.550. The van der Waals surface area contributed by atoms with Crippen LogP contribution >= 0.6 is 0 Å². The van der Waals surface area contributed by atoms with Gasteiger partial charge in [-0.3, -0.25) is 0 Å². The van der Waals surface area contributed by atoms with Crippen molar-refractivity contribution >= 4 is 0 Å². The lowest BCUT2D eigenvalue weighted by Gasteiger charge is -2.11. The lowest BCUT2D eigenvalue weighted by atomic mass is 10.0. The molecule has 0 radical (unpaired) electrons. The molecule has 0 aliphatic carbocycles. The van der Waals surface area contributed by atoms with Crippen LogP contribution in [-0.2, 0) is 6.42 Å². The SMILES string of the molecule is CC(C)c1ccc(CCNC2CCNC2)cc1. The third-order valence-corrected chi connectivity index (χ3v) is 3.55. The molecule has 0 spiro atoms. The van der Waals surface area contributed by atoms with Crippen molar-refractivity contribution < 1.29 is 0 Å². The van der Waals surface area contributed by atoms with Gasteiger partial charge in [-0.05, 0) is 43.0 Å². The van der Waals surface area contributed by atoms with Crippen LogP contribution in [0, 0.1) is 0 Å². The van der Waals surface area contributed by atoms with E-state index in [4.69, 9.17) is 0 Å². The van der Waals surface area contributed by atoms with Gasteiger partial charge in [-0.2, -0.15) is 0 Å². The zero-order valence-corrected chi connectivity index (χ0v) is 11.0. The Hall–Kier alpha value is -0.860. The van der Waals surface area contributed by atoms with Gasteiger partial charge in [0, 0.05) is 12.6 Å². The first-order chi connectivity index (χ1) is 8.25. The first-order valence-electron chi connectivity index (χ1n) is 6.78. The van der Waals surface area contributed by atoms with E-state index >= 15 is 0 Å². The van der Waals surface area contributed by atoms with Gasteiger partial charge in [-0.25, -0.2) is 0 Å². The Labute approximate surface area is 105 Å². The van der Waals surface area contributed by atoms with Crippen molar-refractivity contribution in [1.82, 2.24) is 10.6 Å². The van der Waals surface area contributed by atoms with Gasteiger partial charge in [-0.15, -0.1) is 0 Å². The van der Waals surface area contributed by atoms with E-state index in [1.165, 1.54) is 24.1 Å². The molecule has 1 unspecified atom stereocenters. The molecule has 2 N–H and O–H groups in total. The van der Waals surface area contributed by atoms with Crippen LogP contribution in [0.3, 0.4) is 0 Å². The average Bonchev–Trinajstić information content (AvgIpc) is 2.83. The zero-order valence-electron chi connectivity index (χ0n) is 11.0. The number of benzene rings is 1. The maximum atomic E-state index is 3.60. The van der Waals surface area contributed by atoms with Crippen molar-refractivity contribution in [3.05, 3.63) is 35.4 Å². The molecule has 0 aromatic heterocycles. The molecule has 1 aliphatic rings. The highest BCUT2D eigenvalue weighted by molar-refractivity contribution is 5.24. The predicted octanol–water partition coefficient (Wildman–Crippen LogP) is 2.30. The third-order valence-electron chi connectivity index (χ3n) is 3.55. The molecule has 0 bridgehead atoms. The summed E-state index contributed by atoms with van der Waals surface area (Å²) in [6, 6.07) is 9.74. The quantitative estimate of drug-likeness (QED) is 0.814. The minimum Gasteiger partial charge on any atom is -0.315 e. The van der Waals surface area contributed by atoms with E-state index in [9.17, 15) is 0 Å². The van der Waals surface area contributed by atoms with E-state index < -0.39 is 0 Å². The fourth-order valence-electron chi connectivity index (χ4n) is 2.32. The summed E-state index contributed by atoms with van der Waals surface area (Å²) in [4.78, 5) is 0. The summed E-state index contributed by atoms with van der Waals surface area (Å²) in [5.41, 5.74) is 2.87. The first-order valence-corrected chi connectivity index (χ1v) is 6.78. The Morgan fingerprint density at radius 2 is 2.06 bits per heavy atom. The van der Waals surface area contributed by atoms with E-state index in [-0.39, 0.29) is 0 Å². The molecule has 17 heavy (non-hydrogen) atoms. The van der Waals surface area contributed by atoms with E-state index in [1.54, 1.807) is 0 Å². The maximum absolute atomic E-state index is 3.60. The van der Waals surface area contributed by atoms with Gasteiger partial charge in [0.2, 0.25) is 0 Å². The van der Waals surface area contributed by atoms with Crippen LogP contribution < -0.4 is 10.6 Å². The Morgan fingerprint density at radius 1 is 1.29 bits per heavy atom. The summed E-state index contributed by atoms with van der Waals surface area (Å²) in [6.45, 7) is 7.87. The monoisotopic (exact) mass is 232 g/mol. The van der Waals surface area contributed by atoms with Crippen molar-refractivity contribution in [2.75, 3.05) is 19.6 Å². The van der Waals surface area contributed by atoms with E-state index in [2.05, 4.69) is 48.7 Å². The van der Waals surface area contributed by atoms with Gasteiger partial charge in [0.1, 0.15) is 0 Å². The maximum Gasteiger partial charge on any atom is 0.0204 e. The molecule has 0 amide bonds. The Kier molecular flexibility index (Phi) is 4.57. The highest BCUT2D eigenvalue weighted by atomic mass is 15.0. The predicted molar refractivity (Wildman–Crippen MR) is 73.5 cm³/mol. The van der Waals surface area contributed by atoms with Crippen LogP contribution in [-0.4, -0.2) is 25.7 Å². The molecule has 1 saturated heterocycles. The van der Waals surface area contributed by atoms with Gasteiger partial charge in [0.15, 0.2) is 0 Å². The molecule has 1 atom stereocenters. The van der Waals surface area contributed by atoms with Crippen molar-refractivity contribution in [1.29, 1.82) is 0 Å². The third kappa shape index (κ3) is 3.83. The molecule has 1 fully saturated rings. The van der Waals surface area contributed by atoms with E-state index in [0.29, 0.717) is 12.0 Å². The molecule has 1 aromatic rings. The smallest absolute Gasteiger partial charge is 0.0204 e. The minimum atomic E-state index is 0.631. The van der Waals surface area contributed by atoms with Gasteiger partial charge in [0.05, 0.1) is 0 Å². The number of nitrogens with one attached hydrogen (secondary N) is 2. The first kappa shape index (κ1) is 12.6. The number of rotatable bonds is 5. The largest absolute Gasteiger partial charge is 0.315 e. The fraction of sp³-hybridized carbons (Fsp3) is 0.600. The highest BCUT2D eigenvalue weighted by Gasteiger charge is 2.12. The van der Waals surface area contributed by atoms with Crippen molar-refractivity contribution in [3.63, 3.8) is 0 Å². The Morgan fingerprint density at radius 3 is 2.65 bits per heavy atom. The summed E-state index contributed by atoms with van der Waals surface area (Å²) < 4.78 is 0. The molecule has 1 heterocycles. The summed E-state index contributed by atoms with van der Waals surface area (Å²) in [5, 5.41) is 6.98. The van der Waals surface area contributed by atoms with E-state index in [1.807, 2.05) is 0 Å². The molecular formula is C15H24N2. The second kappa shape index (κ2) is 6.18. The standard InChI is InChI=1S/C15H24N2/c1-12(2)14-5-3-13(4-6-14)7-10-17-15-8-9-16-11-15/h3-6,12,15-17H,7-11H2,1-2H3. The van der Waals surface area contributed by atoms with E-state index in [0.717, 1.165) is 19.5 Å². The Balaban J connectivity index is 1.74. The second-order valence-corrected chi connectivity index (χ2v) is 5.29. The molecule has 2 heteroatoms. The molecule has 0 saturated carbocycles. The van der Waals surface area contributed by atoms with Crippen LogP contribution in [0.1, 0.15) is 37.3 Å². The van der Waals surface area contributed by atoms with Crippen LogP contribution in [0.4, 0.5) is 0 Å². The van der Waals surface area contributed by atoms with Crippen molar-refractivity contribution in [2.45, 2.75) is 38.6 Å². The lowest BCUT2D eigenvalue weighted by Crippen LogP contribution is -2.32. The summed E-state index contributed by atoms with van der Waals surface area (Å²) in [7, 11) is 0. The second-order valence-electron chi connectivity index (χ2n) is 5.29. The van der Waals surface area contributed by atoms with Crippen LogP contribution in [0.5, 0.6) is 0 Å². The average molecular weight is 232 g/mol. The normalized spacial score (nSPS) is 20.1. The summed E-state index contributed by atoms with van der Waals surface area (Å²) in [6.07, 6.45) is 2.40. The van der Waals surface area contributed by atoms with Crippen LogP contribution in [0.25, 0.3) is 0 Å².